The van der Waals surface area contributed by atoms with Crippen LogP contribution in [-0.2, 0) is 6.54 Å². The molecule has 1 aliphatic rings. The summed E-state index contributed by atoms with van der Waals surface area (Å²) in [7, 11) is 0. The lowest BCUT2D eigenvalue weighted by Crippen LogP contribution is -2.45. The van der Waals surface area contributed by atoms with E-state index < -0.39 is 0 Å². The highest BCUT2D eigenvalue weighted by molar-refractivity contribution is 5.79. The van der Waals surface area contributed by atoms with Gasteiger partial charge in [-0.3, -0.25) is 4.90 Å². The molecular formula is C24H43N5O. The molecule has 0 atom stereocenters. The smallest absolute Gasteiger partial charge is 0.191 e. The fraction of sp³-hybridized carbons (Fsp3) is 0.708. The molecule has 1 fully saturated rings. The molecule has 30 heavy (non-hydrogen) atoms. The van der Waals surface area contributed by atoms with Gasteiger partial charge in [-0.1, -0.05) is 12.1 Å². The number of nitrogens with one attached hydrogen (secondary N) is 2. The molecule has 1 aromatic rings. The third kappa shape index (κ3) is 7.80. The van der Waals surface area contributed by atoms with Crippen LogP contribution in [0.1, 0.15) is 53.0 Å². The van der Waals surface area contributed by atoms with E-state index >= 15 is 0 Å². The van der Waals surface area contributed by atoms with Gasteiger partial charge in [0.25, 0.3) is 0 Å². The van der Waals surface area contributed by atoms with Gasteiger partial charge in [0, 0.05) is 57.1 Å². The zero-order valence-corrected chi connectivity index (χ0v) is 19.7. The average molecular weight is 418 g/mol. The summed E-state index contributed by atoms with van der Waals surface area (Å²) in [5.41, 5.74) is 2.48. The van der Waals surface area contributed by atoms with E-state index in [-0.39, 0.29) is 0 Å². The van der Waals surface area contributed by atoms with Crippen LogP contribution in [0.4, 0.5) is 5.69 Å². The van der Waals surface area contributed by atoms with Gasteiger partial charge in [0.1, 0.15) is 0 Å². The highest BCUT2D eigenvalue weighted by Crippen LogP contribution is 2.23. The quantitative estimate of drug-likeness (QED) is 0.403. The second-order valence-corrected chi connectivity index (χ2v) is 8.83. The second kappa shape index (κ2) is 12.8. The summed E-state index contributed by atoms with van der Waals surface area (Å²) in [5, 5.41) is 16.1. The number of rotatable bonds is 10. The van der Waals surface area contributed by atoms with Gasteiger partial charge in [0.15, 0.2) is 5.96 Å². The zero-order valence-electron chi connectivity index (χ0n) is 19.7. The van der Waals surface area contributed by atoms with Gasteiger partial charge in [-0.15, -0.1) is 0 Å². The maximum atomic E-state index is 9.31. The number of aliphatic hydroxyl groups is 1. The lowest BCUT2D eigenvalue weighted by molar-refractivity contribution is 0.178. The molecule has 1 aliphatic heterocycles. The van der Waals surface area contributed by atoms with Crippen LogP contribution in [-0.4, -0.2) is 67.4 Å². The summed E-state index contributed by atoms with van der Waals surface area (Å²) in [4.78, 5) is 9.67. The van der Waals surface area contributed by atoms with E-state index in [1.165, 1.54) is 11.3 Å². The van der Waals surface area contributed by atoms with Crippen LogP contribution in [0.2, 0.25) is 0 Å². The van der Waals surface area contributed by atoms with E-state index in [0.717, 1.165) is 51.5 Å². The SMILES string of the molecule is CCNC(=NCc1ccc(N2CCC(CO)CC2)cc1)NCCN(C(C)C)C(C)C. The molecule has 3 N–H and O–H groups in total. The minimum atomic E-state index is 0.319. The number of hydrogen-bond donors (Lipinski definition) is 3. The monoisotopic (exact) mass is 417 g/mol. The summed E-state index contributed by atoms with van der Waals surface area (Å²) in [6.45, 7) is 16.9. The summed E-state index contributed by atoms with van der Waals surface area (Å²) in [5.74, 6) is 1.35. The first-order valence-corrected chi connectivity index (χ1v) is 11.7. The Balaban J connectivity index is 1.86. The van der Waals surface area contributed by atoms with Crippen LogP contribution >= 0.6 is 0 Å². The highest BCUT2D eigenvalue weighted by Gasteiger charge is 2.18. The van der Waals surface area contributed by atoms with Gasteiger partial charge < -0.3 is 20.6 Å². The Morgan fingerprint density at radius 3 is 2.27 bits per heavy atom. The van der Waals surface area contributed by atoms with Crippen LogP contribution in [0.3, 0.4) is 0 Å². The maximum absolute atomic E-state index is 9.31. The third-order valence-corrected chi connectivity index (χ3v) is 5.93. The van der Waals surface area contributed by atoms with Crippen molar-refractivity contribution in [2.24, 2.45) is 10.9 Å². The van der Waals surface area contributed by atoms with Gasteiger partial charge in [-0.2, -0.15) is 0 Å². The van der Waals surface area contributed by atoms with Crippen molar-refractivity contribution >= 4 is 11.6 Å². The standard InChI is InChI=1S/C24H43N5O/c1-6-25-24(26-13-16-29(19(2)3)20(4)5)27-17-21-7-9-23(10-8-21)28-14-11-22(18-30)12-15-28/h7-10,19-20,22,30H,6,11-18H2,1-5H3,(H2,25,26,27). The second-order valence-electron chi connectivity index (χ2n) is 8.83. The molecule has 6 heteroatoms. The normalized spacial score (nSPS) is 16.0. The number of piperidine rings is 1. The van der Waals surface area contributed by atoms with Crippen LogP contribution in [0.15, 0.2) is 29.3 Å². The van der Waals surface area contributed by atoms with Crippen molar-refractivity contribution < 1.29 is 5.11 Å². The molecule has 0 spiro atoms. The van der Waals surface area contributed by atoms with Crippen molar-refractivity contribution in [3.63, 3.8) is 0 Å². The Morgan fingerprint density at radius 1 is 1.10 bits per heavy atom. The van der Waals surface area contributed by atoms with Gasteiger partial charge >= 0.3 is 0 Å². The number of aliphatic hydroxyl groups excluding tert-OH is 1. The van der Waals surface area contributed by atoms with Gasteiger partial charge in [0.2, 0.25) is 0 Å². The van der Waals surface area contributed by atoms with Gasteiger partial charge in [-0.25, -0.2) is 4.99 Å². The van der Waals surface area contributed by atoms with E-state index in [2.05, 4.69) is 79.3 Å². The predicted octanol–water partition coefficient (Wildman–Crippen LogP) is 3.07. The fourth-order valence-electron chi connectivity index (χ4n) is 4.11. The minimum Gasteiger partial charge on any atom is -0.396 e. The first-order valence-electron chi connectivity index (χ1n) is 11.7. The molecular weight excluding hydrogens is 374 g/mol. The maximum Gasteiger partial charge on any atom is 0.191 e. The van der Waals surface area contributed by atoms with E-state index in [1.54, 1.807) is 0 Å². The third-order valence-electron chi connectivity index (χ3n) is 5.93. The van der Waals surface area contributed by atoms with E-state index in [0.29, 0.717) is 31.2 Å². The molecule has 1 aromatic carbocycles. The Hall–Kier alpha value is -1.79. The Labute approximate surface area is 183 Å². The Kier molecular flexibility index (Phi) is 10.4. The summed E-state index contributed by atoms with van der Waals surface area (Å²) in [6.07, 6.45) is 2.15. The molecule has 1 saturated heterocycles. The number of aliphatic imine (C=N–C) groups is 1. The number of guanidine groups is 1. The molecule has 0 saturated carbocycles. The number of nitrogens with zero attached hydrogens (tertiary/aromatic N) is 3. The zero-order chi connectivity index (χ0) is 21.9. The molecule has 0 aromatic heterocycles. The average Bonchev–Trinajstić information content (AvgIpc) is 2.74. The van der Waals surface area contributed by atoms with Crippen molar-refractivity contribution in [2.75, 3.05) is 44.2 Å². The lowest BCUT2D eigenvalue weighted by Gasteiger charge is -2.32. The van der Waals surface area contributed by atoms with E-state index in [9.17, 15) is 5.11 Å². The van der Waals surface area contributed by atoms with Gasteiger partial charge in [0.05, 0.1) is 6.54 Å². The van der Waals surface area contributed by atoms with Gasteiger partial charge in [-0.05, 0) is 71.1 Å². The number of hydrogen-bond acceptors (Lipinski definition) is 4. The van der Waals surface area contributed by atoms with E-state index in [1.807, 2.05) is 0 Å². The van der Waals surface area contributed by atoms with E-state index in [4.69, 9.17) is 4.99 Å². The van der Waals surface area contributed by atoms with Crippen LogP contribution in [0.25, 0.3) is 0 Å². The van der Waals surface area contributed by atoms with Crippen LogP contribution in [0, 0.1) is 5.92 Å². The number of anilines is 1. The molecule has 6 nitrogen and oxygen atoms in total. The highest BCUT2D eigenvalue weighted by atomic mass is 16.3. The fourth-order valence-corrected chi connectivity index (χ4v) is 4.11. The Morgan fingerprint density at radius 2 is 1.73 bits per heavy atom. The van der Waals surface area contributed by atoms with Crippen molar-refractivity contribution in [2.45, 2.75) is 66.1 Å². The van der Waals surface area contributed by atoms with Crippen molar-refractivity contribution in [3.8, 4) is 0 Å². The Bertz CT molecular complexity index is 613. The predicted molar refractivity (Wildman–Crippen MR) is 128 cm³/mol. The molecule has 170 valence electrons. The van der Waals surface area contributed by atoms with Crippen molar-refractivity contribution in [1.29, 1.82) is 0 Å². The number of benzene rings is 1. The first-order chi connectivity index (χ1) is 14.4. The molecule has 0 bridgehead atoms. The van der Waals surface area contributed by atoms with Crippen LogP contribution < -0.4 is 15.5 Å². The summed E-state index contributed by atoms with van der Waals surface area (Å²) >= 11 is 0. The summed E-state index contributed by atoms with van der Waals surface area (Å²) < 4.78 is 0. The lowest BCUT2D eigenvalue weighted by atomic mass is 9.97. The molecule has 2 rings (SSSR count). The topological polar surface area (TPSA) is 63.1 Å². The van der Waals surface area contributed by atoms with Crippen molar-refractivity contribution in [3.05, 3.63) is 29.8 Å². The minimum absolute atomic E-state index is 0.319. The first kappa shape index (κ1) is 24.5. The van der Waals surface area contributed by atoms with Crippen LogP contribution in [0.5, 0.6) is 0 Å². The molecule has 1 heterocycles. The molecule has 0 aliphatic carbocycles. The van der Waals surface area contributed by atoms with Crippen molar-refractivity contribution in [1.82, 2.24) is 15.5 Å². The largest absolute Gasteiger partial charge is 0.396 e. The summed E-state index contributed by atoms with van der Waals surface area (Å²) in [6, 6.07) is 9.85. The molecule has 0 unspecified atom stereocenters. The molecule has 0 radical (unpaired) electrons. The molecule has 0 amide bonds.